The van der Waals surface area contributed by atoms with E-state index in [2.05, 4.69) is 5.32 Å². The van der Waals surface area contributed by atoms with Crippen molar-refractivity contribution in [3.05, 3.63) is 0 Å². The minimum Gasteiger partial charge on any atom is -0.340 e. The molecule has 1 heterocycles. The molecule has 0 spiro atoms. The van der Waals surface area contributed by atoms with Gasteiger partial charge < -0.3 is 10.2 Å². The average Bonchev–Trinajstić information content (AvgIpc) is 2.83. The predicted molar refractivity (Wildman–Crippen MR) is 54.0 cm³/mol. The van der Waals surface area contributed by atoms with E-state index < -0.39 is 0 Å². The van der Waals surface area contributed by atoms with Crippen LogP contribution >= 0.6 is 12.4 Å². The molecule has 1 aliphatic heterocycles. The number of nitrogens with one attached hydrogen (secondary N) is 1. The van der Waals surface area contributed by atoms with E-state index in [0.717, 1.165) is 25.6 Å². The number of hydrogen-bond acceptors (Lipinski definition) is 2. The first-order valence-corrected chi connectivity index (χ1v) is 4.79. The van der Waals surface area contributed by atoms with Crippen LogP contribution in [-0.4, -0.2) is 36.5 Å². The van der Waals surface area contributed by atoms with Crippen LogP contribution in [0.4, 0.5) is 0 Å². The lowest BCUT2D eigenvalue weighted by molar-refractivity contribution is -0.135. The smallest absolute Gasteiger partial charge is 0.239 e. The molecule has 1 atom stereocenters. The number of nitrogens with zero attached hydrogens (tertiary/aromatic N) is 1. The van der Waals surface area contributed by atoms with Gasteiger partial charge in [-0.15, -0.1) is 12.4 Å². The maximum atomic E-state index is 11.6. The number of piperazine rings is 1. The van der Waals surface area contributed by atoms with Gasteiger partial charge in [-0.05, 0) is 25.7 Å². The number of rotatable bonds is 2. The van der Waals surface area contributed by atoms with Crippen LogP contribution in [0.3, 0.4) is 0 Å². The van der Waals surface area contributed by atoms with Gasteiger partial charge in [-0.1, -0.05) is 0 Å². The Bertz CT molecular complexity index is 194. The van der Waals surface area contributed by atoms with E-state index in [9.17, 15) is 4.79 Å². The summed E-state index contributed by atoms with van der Waals surface area (Å²) in [5.41, 5.74) is 0. The van der Waals surface area contributed by atoms with E-state index in [0.29, 0.717) is 0 Å². The van der Waals surface area contributed by atoms with Crippen LogP contribution in [0.2, 0.25) is 0 Å². The van der Waals surface area contributed by atoms with Crippen molar-refractivity contribution in [3.63, 3.8) is 0 Å². The van der Waals surface area contributed by atoms with E-state index in [-0.39, 0.29) is 24.4 Å². The highest BCUT2D eigenvalue weighted by atomic mass is 35.5. The molecule has 4 heteroatoms. The van der Waals surface area contributed by atoms with Crippen LogP contribution in [-0.2, 0) is 4.79 Å². The fourth-order valence-electron chi connectivity index (χ4n) is 1.68. The van der Waals surface area contributed by atoms with Gasteiger partial charge in [-0.3, -0.25) is 4.79 Å². The summed E-state index contributed by atoms with van der Waals surface area (Å²) in [6.45, 7) is 4.81. The Kier molecular flexibility index (Phi) is 3.56. The van der Waals surface area contributed by atoms with Gasteiger partial charge >= 0.3 is 0 Å². The number of carbonyl (C=O) groups excluding carboxylic acids is 1. The lowest BCUT2D eigenvalue weighted by atomic mass is 10.2. The lowest BCUT2D eigenvalue weighted by Crippen LogP contribution is -2.54. The normalized spacial score (nSPS) is 28.5. The molecular weight excluding hydrogens is 188 g/mol. The van der Waals surface area contributed by atoms with Gasteiger partial charge in [0.25, 0.3) is 0 Å². The molecule has 1 aliphatic carbocycles. The molecule has 2 aliphatic rings. The van der Waals surface area contributed by atoms with Crippen molar-refractivity contribution in [1.29, 1.82) is 0 Å². The topological polar surface area (TPSA) is 32.3 Å². The second-order valence-corrected chi connectivity index (χ2v) is 3.90. The third-order valence-electron chi connectivity index (χ3n) is 2.69. The maximum absolute atomic E-state index is 11.6. The SMILES string of the molecule is CC1NCCN(CC2CC2)C1=O.Cl. The number of hydrogen-bond donors (Lipinski definition) is 1. The molecule has 76 valence electrons. The van der Waals surface area contributed by atoms with Crippen molar-refractivity contribution in [2.45, 2.75) is 25.8 Å². The van der Waals surface area contributed by atoms with Gasteiger partial charge in [0.1, 0.15) is 0 Å². The number of carbonyl (C=O) groups is 1. The van der Waals surface area contributed by atoms with Crippen LogP contribution in [0.15, 0.2) is 0 Å². The Morgan fingerprint density at radius 3 is 2.85 bits per heavy atom. The van der Waals surface area contributed by atoms with Crippen LogP contribution in [0, 0.1) is 5.92 Å². The van der Waals surface area contributed by atoms with E-state index in [1.807, 2.05) is 11.8 Å². The zero-order valence-corrected chi connectivity index (χ0v) is 8.77. The summed E-state index contributed by atoms with van der Waals surface area (Å²) >= 11 is 0. The minimum absolute atomic E-state index is 0. The molecule has 2 fully saturated rings. The Morgan fingerprint density at radius 2 is 2.23 bits per heavy atom. The van der Waals surface area contributed by atoms with Crippen LogP contribution in [0.5, 0.6) is 0 Å². The second kappa shape index (κ2) is 4.29. The molecule has 1 saturated heterocycles. The van der Waals surface area contributed by atoms with E-state index >= 15 is 0 Å². The molecule has 1 saturated carbocycles. The molecule has 1 N–H and O–H groups in total. The summed E-state index contributed by atoms with van der Waals surface area (Å²) in [5, 5.41) is 3.16. The summed E-state index contributed by atoms with van der Waals surface area (Å²) in [7, 11) is 0. The minimum atomic E-state index is 0. The van der Waals surface area contributed by atoms with Crippen LogP contribution < -0.4 is 5.32 Å². The van der Waals surface area contributed by atoms with Gasteiger partial charge in [-0.25, -0.2) is 0 Å². The third-order valence-corrected chi connectivity index (χ3v) is 2.69. The van der Waals surface area contributed by atoms with Crippen molar-refractivity contribution in [1.82, 2.24) is 10.2 Å². The first-order chi connectivity index (χ1) is 5.77. The fraction of sp³-hybridized carbons (Fsp3) is 0.889. The highest BCUT2D eigenvalue weighted by Gasteiger charge is 2.30. The Balaban J connectivity index is 0.000000845. The van der Waals surface area contributed by atoms with Crippen molar-refractivity contribution in [3.8, 4) is 0 Å². The van der Waals surface area contributed by atoms with Crippen molar-refractivity contribution >= 4 is 18.3 Å². The van der Waals surface area contributed by atoms with Crippen LogP contribution in [0.25, 0.3) is 0 Å². The van der Waals surface area contributed by atoms with Crippen molar-refractivity contribution < 1.29 is 4.79 Å². The van der Waals surface area contributed by atoms with Gasteiger partial charge in [0.2, 0.25) is 5.91 Å². The summed E-state index contributed by atoms with van der Waals surface area (Å²) in [6, 6.07) is 0.0394. The van der Waals surface area contributed by atoms with Gasteiger partial charge in [0.15, 0.2) is 0 Å². The zero-order chi connectivity index (χ0) is 8.55. The Hall–Kier alpha value is -0.280. The maximum Gasteiger partial charge on any atom is 0.239 e. The molecule has 1 amide bonds. The van der Waals surface area contributed by atoms with Gasteiger partial charge in [0.05, 0.1) is 6.04 Å². The first kappa shape index (κ1) is 10.8. The fourth-order valence-corrected chi connectivity index (χ4v) is 1.68. The first-order valence-electron chi connectivity index (χ1n) is 4.79. The molecule has 1 unspecified atom stereocenters. The monoisotopic (exact) mass is 204 g/mol. The van der Waals surface area contributed by atoms with Gasteiger partial charge in [-0.2, -0.15) is 0 Å². The highest BCUT2D eigenvalue weighted by Crippen LogP contribution is 2.29. The highest BCUT2D eigenvalue weighted by molar-refractivity contribution is 5.85. The summed E-state index contributed by atoms with van der Waals surface area (Å²) in [6.07, 6.45) is 2.65. The van der Waals surface area contributed by atoms with E-state index in [1.54, 1.807) is 0 Å². The molecule has 3 nitrogen and oxygen atoms in total. The lowest BCUT2D eigenvalue weighted by Gasteiger charge is -2.31. The van der Waals surface area contributed by atoms with Crippen molar-refractivity contribution in [2.75, 3.05) is 19.6 Å². The predicted octanol–water partition coefficient (Wildman–Crippen LogP) is 0.638. The molecule has 0 bridgehead atoms. The molecule has 0 radical (unpaired) electrons. The second-order valence-electron chi connectivity index (χ2n) is 3.90. The molecular formula is C9H17ClN2O. The van der Waals surface area contributed by atoms with Crippen molar-refractivity contribution in [2.24, 2.45) is 5.92 Å². The zero-order valence-electron chi connectivity index (χ0n) is 7.95. The molecule has 13 heavy (non-hydrogen) atoms. The summed E-state index contributed by atoms with van der Waals surface area (Å²) < 4.78 is 0. The quantitative estimate of drug-likeness (QED) is 0.716. The van der Waals surface area contributed by atoms with E-state index in [4.69, 9.17) is 0 Å². The van der Waals surface area contributed by atoms with Crippen LogP contribution in [0.1, 0.15) is 19.8 Å². The average molecular weight is 205 g/mol. The Labute approximate surface area is 85.3 Å². The van der Waals surface area contributed by atoms with Gasteiger partial charge in [0, 0.05) is 19.6 Å². The third kappa shape index (κ3) is 2.58. The Morgan fingerprint density at radius 1 is 1.54 bits per heavy atom. The number of amides is 1. The number of halogens is 1. The standard InChI is InChI=1S/C9H16N2O.ClH/c1-7-9(12)11(5-4-10-7)6-8-2-3-8;/h7-8,10H,2-6H2,1H3;1H. The largest absolute Gasteiger partial charge is 0.340 e. The summed E-state index contributed by atoms with van der Waals surface area (Å²) in [4.78, 5) is 13.6. The molecule has 0 aromatic heterocycles. The molecule has 0 aromatic carbocycles. The molecule has 2 rings (SSSR count). The molecule has 0 aromatic rings. The summed E-state index contributed by atoms with van der Waals surface area (Å²) in [5.74, 6) is 1.10. The van der Waals surface area contributed by atoms with E-state index in [1.165, 1.54) is 12.8 Å².